The monoisotopic (exact) mass is 328 g/mol. The minimum Gasteiger partial charge on any atom is -1.00 e. The van der Waals surface area contributed by atoms with Gasteiger partial charge in [0.25, 0.3) is 0 Å². The van der Waals surface area contributed by atoms with E-state index in [0.717, 1.165) is 32.1 Å². The molecule has 1 aromatic rings. The third kappa shape index (κ3) is 6.13. The Morgan fingerprint density at radius 3 is 2.32 bits per heavy atom. The van der Waals surface area contributed by atoms with Crippen molar-refractivity contribution in [3.8, 4) is 5.75 Å². The van der Waals surface area contributed by atoms with Gasteiger partial charge in [-0.15, -0.1) is 0 Å². The Labute approximate surface area is 139 Å². The number of ether oxygens (including phenoxy) is 2. The zero-order chi connectivity index (χ0) is 15.3. The number of hydrogen-bond donors (Lipinski definition) is 1. The number of morpholine rings is 1. The maximum Gasteiger partial charge on any atom is 0.119 e. The van der Waals surface area contributed by atoms with Crippen molar-refractivity contribution < 1.29 is 27.0 Å². The average molecular weight is 329 g/mol. The molecule has 1 aliphatic heterocycles. The van der Waals surface area contributed by atoms with Crippen molar-refractivity contribution >= 4 is 0 Å². The lowest BCUT2D eigenvalue weighted by molar-refractivity contribution is -0.0000341. The molecule has 1 N–H and O–H groups in total. The fourth-order valence-corrected chi connectivity index (χ4v) is 2.38. The topological polar surface area (TPSA) is 41.9 Å². The Morgan fingerprint density at radius 2 is 1.77 bits per heavy atom. The molecule has 0 bridgehead atoms. The molecule has 22 heavy (non-hydrogen) atoms. The number of nitrogens with zero attached hydrogens (tertiary/aromatic N) is 1. The molecule has 0 aromatic heterocycles. The third-order valence-electron chi connectivity index (χ3n) is 3.74. The number of aliphatic hydroxyl groups excluding tert-OH is 1. The van der Waals surface area contributed by atoms with Gasteiger partial charge in [0.1, 0.15) is 18.5 Å². The van der Waals surface area contributed by atoms with E-state index in [9.17, 15) is 5.11 Å². The second-order valence-corrected chi connectivity index (χ2v) is 6.65. The van der Waals surface area contributed by atoms with Crippen molar-refractivity contribution in [2.24, 2.45) is 0 Å². The van der Waals surface area contributed by atoms with Crippen LogP contribution < -0.4 is 17.1 Å². The van der Waals surface area contributed by atoms with E-state index >= 15 is 0 Å². The predicted molar refractivity (Wildman–Crippen MR) is 83.9 cm³/mol. The Morgan fingerprint density at radius 1 is 1.18 bits per heavy atom. The summed E-state index contributed by atoms with van der Waals surface area (Å²) in [6, 6.07) is 8.12. The normalized spacial score (nSPS) is 17.6. The summed E-state index contributed by atoms with van der Waals surface area (Å²) in [6.07, 6.45) is -0.467. The molecule has 1 unspecified atom stereocenters. The van der Waals surface area contributed by atoms with Gasteiger partial charge in [-0.25, -0.2) is 0 Å². The first-order valence-electron chi connectivity index (χ1n) is 7.66. The summed E-state index contributed by atoms with van der Waals surface area (Å²) >= 11 is 0. The van der Waals surface area contributed by atoms with Crippen molar-refractivity contribution in [1.29, 1.82) is 0 Å². The molecule has 0 radical (unpaired) electrons. The quantitative estimate of drug-likeness (QED) is 0.757. The van der Waals surface area contributed by atoms with Crippen LogP contribution in [0.2, 0.25) is 0 Å². The van der Waals surface area contributed by atoms with Gasteiger partial charge in [0.2, 0.25) is 0 Å². The van der Waals surface area contributed by atoms with Crippen molar-refractivity contribution in [2.75, 3.05) is 39.5 Å². The molecule has 5 heteroatoms. The molecule has 1 saturated heterocycles. The fourth-order valence-electron chi connectivity index (χ4n) is 2.38. The number of rotatable bonds is 5. The molecule has 126 valence electrons. The molecular weight excluding hydrogens is 302 g/mol. The highest BCUT2D eigenvalue weighted by atomic mass is 35.5. The molecule has 1 atom stereocenters. The molecule has 4 nitrogen and oxygen atoms in total. The lowest BCUT2D eigenvalue weighted by Crippen LogP contribution is -3.00. The molecule has 1 heterocycles. The molecule has 1 aromatic carbocycles. The molecule has 0 saturated carbocycles. The molecule has 1 fully saturated rings. The number of halogens is 1. The van der Waals surface area contributed by atoms with Gasteiger partial charge in [0, 0.05) is 19.6 Å². The highest BCUT2D eigenvalue weighted by Crippen LogP contribution is 2.24. The van der Waals surface area contributed by atoms with E-state index in [-0.39, 0.29) is 17.8 Å². The summed E-state index contributed by atoms with van der Waals surface area (Å²) in [7, 11) is 0. The molecule has 1 aliphatic rings. The van der Waals surface area contributed by atoms with Crippen LogP contribution in [0.25, 0.3) is 0 Å². The highest BCUT2D eigenvalue weighted by Gasteiger charge is 2.16. The summed E-state index contributed by atoms with van der Waals surface area (Å²) in [5.41, 5.74) is 1.43. The van der Waals surface area contributed by atoms with Crippen LogP contribution in [0, 0.1) is 0 Å². The van der Waals surface area contributed by atoms with Crippen LogP contribution in [0.1, 0.15) is 26.3 Å². The van der Waals surface area contributed by atoms with E-state index in [4.69, 9.17) is 9.47 Å². The maximum atomic E-state index is 10.0. The van der Waals surface area contributed by atoms with Gasteiger partial charge in [0.15, 0.2) is 0 Å². The van der Waals surface area contributed by atoms with Gasteiger partial charge in [-0.05, 0) is 23.1 Å². The van der Waals surface area contributed by atoms with E-state index in [2.05, 4.69) is 37.8 Å². The zero-order valence-corrected chi connectivity index (χ0v) is 14.5. The first-order chi connectivity index (χ1) is 9.95. The second kappa shape index (κ2) is 8.73. The number of hydrogen-bond acceptors (Lipinski definition) is 4. The lowest BCUT2D eigenvalue weighted by Gasteiger charge is -2.28. The summed E-state index contributed by atoms with van der Waals surface area (Å²) in [6.45, 7) is 10.8. The number of aliphatic hydroxyl groups is 1. The van der Waals surface area contributed by atoms with E-state index in [1.54, 1.807) is 0 Å². The minimum atomic E-state index is -0.467. The first-order valence-corrected chi connectivity index (χ1v) is 7.66. The van der Waals surface area contributed by atoms with E-state index in [0.29, 0.717) is 13.2 Å². The van der Waals surface area contributed by atoms with Crippen LogP contribution in [0.15, 0.2) is 24.3 Å². The van der Waals surface area contributed by atoms with Crippen LogP contribution in [-0.4, -0.2) is 55.6 Å². The Kier molecular flexibility index (Phi) is 7.63. The van der Waals surface area contributed by atoms with Crippen LogP contribution in [0.4, 0.5) is 0 Å². The fraction of sp³-hybridized carbons (Fsp3) is 0.647. The van der Waals surface area contributed by atoms with E-state index in [1.165, 1.54) is 5.56 Å². The molecule has 0 spiro atoms. The summed E-state index contributed by atoms with van der Waals surface area (Å²) in [5.74, 6) is 0.809. The van der Waals surface area contributed by atoms with Crippen molar-refractivity contribution in [3.63, 3.8) is 0 Å². The Hall–Kier alpha value is -0.810. The van der Waals surface area contributed by atoms with Gasteiger partial charge in [0.05, 0.1) is 13.2 Å². The summed E-state index contributed by atoms with van der Waals surface area (Å²) < 4.78 is 11.0. The average Bonchev–Trinajstić information content (AvgIpc) is 2.46. The van der Waals surface area contributed by atoms with E-state index < -0.39 is 6.10 Å². The number of benzene rings is 1. The smallest absolute Gasteiger partial charge is 0.119 e. The molecule has 2 rings (SSSR count). The maximum absolute atomic E-state index is 10.0. The van der Waals surface area contributed by atoms with Gasteiger partial charge >= 0.3 is 0 Å². The zero-order valence-electron chi connectivity index (χ0n) is 13.7. The van der Waals surface area contributed by atoms with Crippen LogP contribution in [-0.2, 0) is 10.2 Å². The highest BCUT2D eigenvalue weighted by molar-refractivity contribution is 5.31. The summed E-state index contributed by atoms with van der Waals surface area (Å²) in [4.78, 5) is 2.21. The van der Waals surface area contributed by atoms with Crippen molar-refractivity contribution in [1.82, 2.24) is 4.90 Å². The van der Waals surface area contributed by atoms with Crippen molar-refractivity contribution in [2.45, 2.75) is 32.3 Å². The molecule has 0 amide bonds. The SMILES string of the molecule is CC(C)(C)c1ccc(OCC(O)CN2CCOCC2)cc1.[Cl-]. The second-order valence-electron chi connectivity index (χ2n) is 6.65. The Bertz CT molecular complexity index is 425. The molecule has 0 aliphatic carbocycles. The van der Waals surface area contributed by atoms with Crippen molar-refractivity contribution in [3.05, 3.63) is 29.8 Å². The van der Waals surface area contributed by atoms with Crippen LogP contribution in [0.5, 0.6) is 5.75 Å². The lowest BCUT2D eigenvalue weighted by atomic mass is 9.87. The predicted octanol–water partition coefficient (Wildman–Crippen LogP) is -0.940. The minimum absolute atomic E-state index is 0. The van der Waals surface area contributed by atoms with Gasteiger partial charge in [-0.1, -0.05) is 32.9 Å². The summed E-state index contributed by atoms with van der Waals surface area (Å²) in [5, 5.41) is 10.0. The Balaban J connectivity index is 0.00000242. The van der Waals surface area contributed by atoms with E-state index in [1.807, 2.05) is 12.1 Å². The third-order valence-corrected chi connectivity index (χ3v) is 3.74. The van der Waals surface area contributed by atoms with Crippen LogP contribution >= 0.6 is 0 Å². The first kappa shape index (κ1) is 19.2. The van der Waals surface area contributed by atoms with Gasteiger partial charge < -0.3 is 27.0 Å². The van der Waals surface area contributed by atoms with Gasteiger partial charge in [-0.3, -0.25) is 4.90 Å². The molecular formula is C17H27ClNO3-. The van der Waals surface area contributed by atoms with Crippen LogP contribution in [0.3, 0.4) is 0 Å². The standard InChI is InChI=1S/C17H27NO3.ClH/c1-17(2,3)14-4-6-16(7-5-14)21-13-15(19)12-18-8-10-20-11-9-18;/h4-7,15,19H,8-13H2,1-3H3;1H/p-1. The largest absolute Gasteiger partial charge is 1.00 e. The number of β-amino-alcohol motifs (C(OH)–C–C–N with tert-alkyl or cyclic N) is 1. The van der Waals surface area contributed by atoms with Gasteiger partial charge in [-0.2, -0.15) is 0 Å².